The van der Waals surface area contributed by atoms with Crippen LogP contribution in [0.15, 0.2) is 59.6 Å². The van der Waals surface area contributed by atoms with Crippen LogP contribution >= 0.6 is 15.9 Å². The van der Waals surface area contributed by atoms with Crippen LogP contribution in [0.25, 0.3) is 5.57 Å². The Hall–Kier alpha value is -1.58. The van der Waals surface area contributed by atoms with E-state index in [-0.39, 0.29) is 0 Å². The van der Waals surface area contributed by atoms with Crippen molar-refractivity contribution >= 4 is 21.5 Å². The van der Waals surface area contributed by atoms with E-state index in [4.69, 9.17) is 9.47 Å². The SMILES string of the molecule is C=C(c1ccc(OCCOC)cc1)c1cccc(Br)c1. The minimum absolute atomic E-state index is 0.558. The fraction of sp³-hybridized carbons (Fsp3) is 0.176. The zero-order valence-corrected chi connectivity index (χ0v) is 13.0. The summed E-state index contributed by atoms with van der Waals surface area (Å²) in [7, 11) is 1.66. The summed E-state index contributed by atoms with van der Waals surface area (Å²) in [5, 5.41) is 0. The van der Waals surface area contributed by atoms with Crippen LogP contribution in [0.3, 0.4) is 0 Å². The maximum absolute atomic E-state index is 5.54. The molecule has 3 heteroatoms. The van der Waals surface area contributed by atoms with E-state index in [2.05, 4.69) is 34.6 Å². The normalized spacial score (nSPS) is 10.3. The van der Waals surface area contributed by atoms with Gasteiger partial charge in [-0.05, 0) is 41.0 Å². The first kappa shape index (κ1) is 14.8. The van der Waals surface area contributed by atoms with Gasteiger partial charge in [0.05, 0.1) is 6.61 Å². The molecule has 0 saturated carbocycles. The van der Waals surface area contributed by atoms with Crippen LogP contribution in [-0.2, 0) is 4.74 Å². The van der Waals surface area contributed by atoms with Gasteiger partial charge in [0, 0.05) is 11.6 Å². The largest absolute Gasteiger partial charge is 0.491 e. The van der Waals surface area contributed by atoms with Crippen molar-refractivity contribution in [3.8, 4) is 5.75 Å². The lowest BCUT2D eigenvalue weighted by molar-refractivity contribution is 0.146. The minimum atomic E-state index is 0.558. The van der Waals surface area contributed by atoms with Gasteiger partial charge in [-0.3, -0.25) is 0 Å². The molecule has 0 aliphatic rings. The van der Waals surface area contributed by atoms with Gasteiger partial charge in [-0.2, -0.15) is 0 Å². The first-order chi connectivity index (χ1) is 9.70. The van der Waals surface area contributed by atoms with Crippen molar-refractivity contribution in [2.75, 3.05) is 20.3 Å². The van der Waals surface area contributed by atoms with Gasteiger partial charge in [0.2, 0.25) is 0 Å². The van der Waals surface area contributed by atoms with E-state index in [0.717, 1.165) is 26.9 Å². The highest BCUT2D eigenvalue weighted by Crippen LogP contribution is 2.25. The summed E-state index contributed by atoms with van der Waals surface area (Å²) in [5.74, 6) is 0.841. The van der Waals surface area contributed by atoms with Gasteiger partial charge in [-0.15, -0.1) is 0 Å². The molecule has 0 atom stereocenters. The van der Waals surface area contributed by atoms with Crippen LogP contribution in [0, 0.1) is 0 Å². The van der Waals surface area contributed by atoms with E-state index in [9.17, 15) is 0 Å². The summed E-state index contributed by atoms with van der Waals surface area (Å²) in [6.45, 7) is 5.31. The number of methoxy groups -OCH3 is 1. The van der Waals surface area contributed by atoms with Gasteiger partial charge in [0.25, 0.3) is 0 Å². The lowest BCUT2D eigenvalue weighted by atomic mass is 10.00. The average Bonchev–Trinajstić information content (AvgIpc) is 2.47. The van der Waals surface area contributed by atoms with Gasteiger partial charge >= 0.3 is 0 Å². The van der Waals surface area contributed by atoms with E-state index in [1.807, 2.05) is 36.4 Å². The molecule has 104 valence electrons. The van der Waals surface area contributed by atoms with E-state index < -0.39 is 0 Å². The Morgan fingerprint density at radius 2 is 1.80 bits per heavy atom. The molecule has 0 radical (unpaired) electrons. The molecule has 0 spiro atoms. The Morgan fingerprint density at radius 3 is 2.45 bits per heavy atom. The Morgan fingerprint density at radius 1 is 1.05 bits per heavy atom. The molecule has 0 bridgehead atoms. The number of hydrogen-bond donors (Lipinski definition) is 0. The molecule has 0 heterocycles. The van der Waals surface area contributed by atoms with Crippen LogP contribution < -0.4 is 4.74 Å². The third-order valence-electron chi connectivity index (χ3n) is 2.93. The highest BCUT2D eigenvalue weighted by Gasteiger charge is 2.03. The molecule has 2 nitrogen and oxygen atoms in total. The van der Waals surface area contributed by atoms with Gasteiger partial charge in [0.15, 0.2) is 0 Å². The van der Waals surface area contributed by atoms with Gasteiger partial charge < -0.3 is 9.47 Å². The van der Waals surface area contributed by atoms with Crippen molar-refractivity contribution < 1.29 is 9.47 Å². The lowest BCUT2D eigenvalue weighted by Gasteiger charge is -2.09. The molecular formula is C17H17BrO2. The molecule has 0 unspecified atom stereocenters. The average molecular weight is 333 g/mol. The van der Waals surface area contributed by atoms with Gasteiger partial charge in [-0.1, -0.05) is 46.8 Å². The van der Waals surface area contributed by atoms with Crippen molar-refractivity contribution in [2.24, 2.45) is 0 Å². The van der Waals surface area contributed by atoms with Crippen LogP contribution in [0.1, 0.15) is 11.1 Å². The topological polar surface area (TPSA) is 18.5 Å². The second-order valence-electron chi connectivity index (χ2n) is 4.35. The highest BCUT2D eigenvalue weighted by atomic mass is 79.9. The molecule has 0 amide bonds. The molecule has 20 heavy (non-hydrogen) atoms. The fourth-order valence-corrected chi connectivity index (χ4v) is 2.24. The monoisotopic (exact) mass is 332 g/mol. The summed E-state index contributed by atoms with van der Waals surface area (Å²) < 4.78 is 11.5. The number of benzene rings is 2. The lowest BCUT2D eigenvalue weighted by Crippen LogP contribution is -2.04. The molecule has 0 saturated heterocycles. The standard InChI is InChI=1S/C17H17BrO2/c1-13(15-4-3-5-16(18)12-15)14-6-8-17(9-7-14)20-11-10-19-2/h3-9,12H,1,10-11H2,2H3. The predicted molar refractivity (Wildman–Crippen MR) is 86.1 cm³/mol. The zero-order chi connectivity index (χ0) is 14.4. The molecule has 0 fully saturated rings. The maximum atomic E-state index is 5.54. The van der Waals surface area contributed by atoms with Crippen molar-refractivity contribution in [1.82, 2.24) is 0 Å². The van der Waals surface area contributed by atoms with Crippen LogP contribution in [-0.4, -0.2) is 20.3 Å². The van der Waals surface area contributed by atoms with Crippen molar-refractivity contribution in [1.29, 1.82) is 0 Å². The second kappa shape index (κ2) is 7.27. The molecule has 2 aromatic carbocycles. The Balaban J connectivity index is 2.07. The Bertz CT molecular complexity index is 576. The molecule has 2 aromatic rings. The summed E-state index contributed by atoms with van der Waals surface area (Å²) in [6.07, 6.45) is 0. The zero-order valence-electron chi connectivity index (χ0n) is 11.4. The van der Waals surface area contributed by atoms with Gasteiger partial charge in [-0.25, -0.2) is 0 Å². The first-order valence-corrected chi connectivity index (χ1v) is 7.17. The van der Waals surface area contributed by atoms with Crippen molar-refractivity contribution in [2.45, 2.75) is 0 Å². The smallest absolute Gasteiger partial charge is 0.119 e. The molecule has 0 aromatic heterocycles. The van der Waals surface area contributed by atoms with E-state index >= 15 is 0 Å². The number of rotatable bonds is 6. The second-order valence-corrected chi connectivity index (χ2v) is 5.27. The minimum Gasteiger partial charge on any atom is -0.491 e. The van der Waals surface area contributed by atoms with E-state index in [0.29, 0.717) is 13.2 Å². The summed E-state index contributed by atoms with van der Waals surface area (Å²) in [4.78, 5) is 0. The summed E-state index contributed by atoms with van der Waals surface area (Å²) in [6, 6.07) is 16.1. The Labute approximate surface area is 128 Å². The number of ether oxygens (including phenoxy) is 2. The molecule has 0 N–H and O–H groups in total. The predicted octanol–water partition coefficient (Wildman–Crippen LogP) is 4.54. The first-order valence-electron chi connectivity index (χ1n) is 6.37. The number of halogens is 1. The van der Waals surface area contributed by atoms with Crippen LogP contribution in [0.2, 0.25) is 0 Å². The highest BCUT2D eigenvalue weighted by molar-refractivity contribution is 9.10. The van der Waals surface area contributed by atoms with Crippen molar-refractivity contribution in [3.63, 3.8) is 0 Å². The Kier molecular flexibility index (Phi) is 5.39. The summed E-state index contributed by atoms with van der Waals surface area (Å²) >= 11 is 3.48. The fourth-order valence-electron chi connectivity index (χ4n) is 1.84. The van der Waals surface area contributed by atoms with Crippen molar-refractivity contribution in [3.05, 3.63) is 70.7 Å². The quantitative estimate of drug-likeness (QED) is 0.723. The molecule has 2 rings (SSSR count). The summed E-state index contributed by atoms with van der Waals surface area (Å²) in [5.41, 5.74) is 3.18. The molecular weight excluding hydrogens is 316 g/mol. The van der Waals surface area contributed by atoms with E-state index in [1.165, 1.54) is 0 Å². The van der Waals surface area contributed by atoms with Crippen LogP contribution in [0.4, 0.5) is 0 Å². The molecule has 0 aliphatic heterocycles. The third kappa shape index (κ3) is 3.95. The molecule has 0 aliphatic carbocycles. The maximum Gasteiger partial charge on any atom is 0.119 e. The van der Waals surface area contributed by atoms with E-state index in [1.54, 1.807) is 7.11 Å². The van der Waals surface area contributed by atoms with Gasteiger partial charge in [0.1, 0.15) is 12.4 Å². The van der Waals surface area contributed by atoms with Crippen LogP contribution in [0.5, 0.6) is 5.75 Å². The number of hydrogen-bond acceptors (Lipinski definition) is 2. The third-order valence-corrected chi connectivity index (χ3v) is 3.43.